The fourth-order valence-electron chi connectivity index (χ4n) is 4.78. The summed E-state index contributed by atoms with van der Waals surface area (Å²) in [7, 11) is 0. The molecule has 5 rings (SSSR count). The number of halogens is 2. The first-order chi connectivity index (χ1) is 14.5. The average Bonchev–Trinajstić information content (AvgIpc) is 3.40. The normalized spacial score (nSPS) is 32.1. The molecule has 3 aliphatic rings. The number of hydrogen-bond donors (Lipinski definition) is 0. The highest BCUT2D eigenvalue weighted by Gasteiger charge is 2.50. The molecule has 1 aromatic carbocycles. The van der Waals surface area contributed by atoms with Crippen molar-refractivity contribution < 1.29 is 27.8 Å². The minimum Gasteiger partial charge on any atom is -0.462 e. The number of hydrogen-bond acceptors (Lipinski definition) is 5. The molecule has 7 heteroatoms. The molecule has 160 valence electrons. The Labute approximate surface area is 177 Å². The van der Waals surface area contributed by atoms with Crippen LogP contribution in [0.2, 0.25) is 0 Å². The second kappa shape index (κ2) is 8.02. The number of carbonyl (C=O) groups is 1. The Bertz CT molecular complexity index is 917. The van der Waals surface area contributed by atoms with E-state index in [-0.39, 0.29) is 47.6 Å². The zero-order valence-electron chi connectivity index (χ0n) is 16.5. The molecule has 2 saturated heterocycles. The zero-order valence-corrected chi connectivity index (χ0v) is 17.3. The van der Waals surface area contributed by atoms with Crippen LogP contribution >= 0.6 is 11.3 Å². The van der Waals surface area contributed by atoms with Crippen molar-refractivity contribution in [3.63, 3.8) is 0 Å². The summed E-state index contributed by atoms with van der Waals surface area (Å²) < 4.78 is 48.1. The van der Waals surface area contributed by atoms with E-state index in [4.69, 9.17) is 14.2 Å². The third kappa shape index (κ3) is 3.90. The predicted octanol–water partition coefficient (Wildman–Crippen LogP) is 5.41. The van der Waals surface area contributed by atoms with E-state index in [0.717, 1.165) is 46.8 Å². The summed E-state index contributed by atoms with van der Waals surface area (Å²) in [6.45, 7) is 0.656. The quantitative estimate of drug-likeness (QED) is 0.466. The highest BCUT2D eigenvalue weighted by Crippen LogP contribution is 2.45. The number of allylic oxidation sites excluding steroid dienone is 1. The van der Waals surface area contributed by atoms with E-state index in [1.54, 1.807) is 12.1 Å². The van der Waals surface area contributed by atoms with Crippen molar-refractivity contribution in [3.8, 4) is 0 Å². The summed E-state index contributed by atoms with van der Waals surface area (Å²) in [5, 5.41) is 0.817. The number of esters is 1. The monoisotopic (exact) mass is 434 g/mol. The topological polar surface area (TPSA) is 44.8 Å². The zero-order chi connectivity index (χ0) is 20.7. The predicted molar refractivity (Wildman–Crippen MR) is 109 cm³/mol. The summed E-state index contributed by atoms with van der Waals surface area (Å²) in [6.07, 6.45) is 5.29. The van der Waals surface area contributed by atoms with Gasteiger partial charge in [0.15, 0.2) is 6.29 Å². The van der Waals surface area contributed by atoms with Gasteiger partial charge in [0.1, 0.15) is 6.10 Å². The SMILES string of the molecule is O=C1C[C@@H]2[C@@H](C=CC(F)(F)c3cc4ccccc4s3)[C@H](OC3CCCCO3)C[C@@H]2O1. The first-order valence-electron chi connectivity index (χ1n) is 10.5. The molecular weight excluding hydrogens is 410 g/mol. The van der Waals surface area contributed by atoms with Gasteiger partial charge in [0, 0.05) is 29.6 Å². The number of fused-ring (bicyclic) bond motifs is 2. The van der Waals surface area contributed by atoms with Gasteiger partial charge in [-0.2, -0.15) is 8.78 Å². The molecule has 0 radical (unpaired) electrons. The van der Waals surface area contributed by atoms with Crippen molar-refractivity contribution in [2.24, 2.45) is 11.8 Å². The van der Waals surface area contributed by atoms with Crippen LogP contribution in [0.1, 0.15) is 37.0 Å². The standard InChI is InChI=1S/C23H24F2O4S/c24-23(25,20-11-14-5-1-2-6-19(14)30-20)9-8-15-16-12-21(26)28-18(16)13-17(15)29-22-7-3-4-10-27-22/h1-2,5-6,8-9,11,15-18,22H,3-4,7,10,12-13H2/t15-,16-,17-,18+,22?/m1/s1. The smallest absolute Gasteiger partial charge is 0.306 e. The van der Waals surface area contributed by atoms with Crippen molar-refractivity contribution in [1.82, 2.24) is 0 Å². The molecule has 0 spiro atoms. The van der Waals surface area contributed by atoms with Crippen LogP contribution in [0.4, 0.5) is 8.78 Å². The Morgan fingerprint density at radius 3 is 2.90 bits per heavy atom. The Morgan fingerprint density at radius 2 is 2.10 bits per heavy atom. The summed E-state index contributed by atoms with van der Waals surface area (Å²) in [4.78, 5) is 11.8. The summed E-state index contributed by atoms with van der Waals surface area (Å²) >= 11 is 1.10. The number of alkyl halides is 2. The molecule has 2 aliphatic heterocycles. The third-order valence-electron chi connectivity index (χ3n) is 6.30. The molecule has 5 atom stereocenters. The van der Waals surface area contributed by atoms with Crippen LogP contribution in [-0.2, 0) is 24.9 Å². The third-order valence-corrected chi connectivity index (χ3v) is 7.50. The molecule has 4 nitrogen and oxygen atoms in total. The summed E-state index contributed by atoms with van der Waals surface area (Å²) in [6, 6.07) is 8.93. The van der Waals surface area contributed by atoms with E-state index in [1.165, 1.54) is 0 Å². The van der Waals surface area contributed by atoms with E-state index in [2.05, 4.69) is 0 Å². The first-order valence-corrected chi connectivity index (χ1v) is 11.3. The van der Waals surface area contributed by atoms with Crippen molar-refractivity contribution in [2.75, 3.05) is 6.61 Å². The van der Waals surface area contributed by atoms with Gasteiger partial charge in [-0.05, 0) is 42.9 Å². The molecule has 0 bridgehead atoms. The largest absolute Gasteiger partial charge is 0.462 e. The fourth-order valence-corrected chi connectivity index (χ4v) is 5.80. The van der Waals surface area contributed by atoms with Crippen LogP contribution in [0, 0.1) is 11.8 Å². The van der Waals surface area contributed by atoms with Crippen molar-refractivity contribution in [3.05, 3.63) is 47.4 Å². The van der Waals surface area contributed by atoms with Crippen LogP contribution < -0.4 is 0 Å². The van der Waals surface area contributed by atoms with Gasteiger partial charge in [-0.25, -0.2) is 0 Å². The van der Waals surface area contributed by atoms with Crippen LogP contribution in [0.15, 0.2) is 42.5 Å². The number of carbonyl (C=O) groups excluding carboxylic acids is 1. The van der Waals surface area contributed by atoms with Gasteiger partial charge in [-0.1, -0.05) is 24.3 Å². The Morgan fingerprint density at radius 1 is 1.23 bits per heavy atom. The molecule has 0 amide bonds. The molecule has 30 heavy (non-hydrogen) atoms. The van der Waals surface area contributed by atoms with E-state index in [0.29, 0.717) is 13.0 Å². The van der Waals surface area contributed by atoms with E-state index < -0.39 is 5.92 Å². The minimum absolute atomic E-state index is 0.0151. The van der Waals surface area contributed by atoms with Crippen LogP contribution in [0.25, 0.3) is 10.1 Å². The van der Waals surface area contributed by atoms with Crippen LogP contribution in [0.5, 0.6) is 0 Å². The number of thiophene rings is 1. The lowest BCUT2D eigenvalue weighted by atomic mass is 9.91. The van der Waals surface area contributed by atoms with Gasteiger partial charge in [0.2, 0.25) is 0 Å². The lowest BCUT2D eigenvalue weighted by Gasteiger charge is -2.29. The van der Waals surface area contributed by atoms with Gasteiger partial charge in [0.25, 0.3) is 0 Å². The molecule has 1 aliphatic carbocycles. The van der Waals surface area contributed by atoms with Gasteiger partial charge < -0.3 is 14.2 Å². The van der Waals surface area contributed by atoms with Crippen molar-refractivity contribution >= 4 is 27.4 Å². The van der Waals surface area contributed by atoms with Crippen molar-refractivity contribution in [1.29, 1.82) is 0 Å². The van der Waals surface area contributed by atoms with Gasteiger partial charge in [-0.3, -0.25) is 4.79 Å². The fraction of sp³-hybridized carbons (Fsp3) is 0.522. The lowest BCUT2D eigenvalue weighted by Crippen LogP contribution is -2.31. The van der Waals surface area contributed by atoms with E-state index in [1.807, 2.05) is 24.3 Å². The lowest BCUT2D eigenvalue weighted by molar-refractivity contribution is -0.194. The van der Waals surface area contributed by atoms with Crippen molar-refractivity contribution in [2.45, 2.75) is 56.5 Å². The maximum absolute atomic E-state index is 15.0. The molecular formula is C23H24F2O4S. The van der Waals surface area contributed by atoms with Gasteiger partial charge >= 0.3 is 11.9 Å². The van der Waals surface area contributed by atoms with Crippen LogP contribution in [0.3, 0.4) is 0 Å². The molecule has 3 heterocycles. The molecule has 0 N–H and O–H groups in total. The Hall–Kier alpha value is -1.83. The molecule has 3 fully saturated rings. The second-order valence-electron chi connectivity index (χ2n) is 8.31. The van der Waals surface area contributed by atoms with E-state index in [9.17, 15) is 4.79 Å². The molecule has 2 aromatic rings. The maximum atomic E-state index is 15.0. The summed E-state index contributed by atoms with van der Waals surface area (Å²) in [5.41, 5.74) is 0. The first kappa shape index (κ1) is 20.1. The minimum atomic E-state index is -3.09. The highest BCUT2D eigenvalue weighted by molar-refractivity contribution is 7.19. The molecule has 1 unspecified atom stereocenters. The summed E-state index contributed by atoms with van der Waals surface area (Å²) in [5.74, 6) is -3.77. The molecule has 1 saturated carbocycles. The second-order valence-corrected chi connectivity index (χ2v) is 9.39. The number of benzene rings is 1. The number of ether oxygens (including phenoxy) is 3. The number of rotatable bonds is 5. The van der Waals surface area contributed by atoms with Gasteiger partial charge in [-0.15, -0.1) is 11.3 Å². The average molecular weight is 435 g/mol. The Kier molecular flexibility index (Phi) is 5.37. The maximum Gasteiger partial charge on any atom is 0.306 e. The van der Waals surface area contributed by atoms with Gasteiger partial charge in [0.05, 0.1) is 17.4 Å². The van der Waals surface area contributed by atoms with Crippen LogP contribution in [-0.4, -0.2) is 31.1 Å². The highest BCUT2D eigenvalue weighted by atomic mass is 32.1. The molecule has 1 aromatic heterocycles. The van der Waals surface area contributed by atoms with E-state index >= 15 is 8.78 Å². The Balaban J connectivity index is 1.37.